The van der Waals surface area contributed by atoms with Gasteiger partial charge in [-0.05, 0) is 54.1 Å². The van der Waals surface area contributed by atoms with Gasteiger partial charge in [-0.15, -0.1) is 0 Å². The van der Waals surface area contributed by atoms with Crippen LogP contribution in [0, 0.1) is 0 Å². The molecule has 0 fully saturated rings. The van der Waals surface area contributed by atoms with Gasteiger partial charge >= 0.3 is 5.97 Å². The number of esters is 1. The molecule has 6 heteroatoms. The Labute approximate surface area is 196 Å². The van der Waals surface area contributed by atoms with Crippen LogP contribution in [0.2, 0.25) is 0 Å². The van der Waals surface area contributed by atoms with E-state index in [0.717, 1.165) is 27.7 Å². The minimum absolute atomic E-state index is 0.187. The second-order valence-electron chi connectivity index (χ2n) is 7.83. The molecule has 1 aromatic heterocycles. The SMILES string of the molecule is COC(=O)c1ccc(C=C2C(=O)c3cc(-c4ccc5ccccc5n4)ccc3OC2OC)cc1. The minimum atomic E-state index is -0.843. The van der Waals surface area contributed by atoms with E-state index in [1.54, 1.807) is 42.5 Å². The van der Waals surface area contributed by atoms with Crippen LogP contribution < -0.4 is 4.74 Å². The summed E-state index contributed by atoms with van der Waals surface area (Å²) in [5.74, 6) is -0.151. The molecule has 1 aliphatic heterocycles. The fourth-order valence-corrected chi connectivity index (χ4v) is 3.96. The van der Waals surface area contributed by atoms with Crippen molar-refractivity contribution < 1.29 is 23.8 Å². The topological polar surface area (TPSA) is 74.7 Å². The van der Waals surface area contributed by atoms with Crippen LogP contribution in [0.25, 0.3) is 28.2 Å². The molecule has 0 saturated carbocycles. The number of hydrogen-bond donors (Lipinski definition) is 0. The van der Waals surface area contributed by atoms with Crippen LogP contribution in [0.1, 0.15) is 26.3 Å². The monoisotopic (exact) mass is 451 g/mol. The molecular weight excluding hydrogens is 430 g/mol. The molecule has 3 aromatic carbocycles. The molecule has 0 bridgehead atoms. The van der Waals surface area contributed by atoms with Crippen molar-refractivity contribution in [2.24, 2.45) is 0 Å². The van der Waals surface area contributed by atoms with Gasteiger partial charge in [-0.25, -0.2) is 9.78 Å². The van der Waals surface area contributed by atoms with Gasteiger partial charge in [-0.2, -0.15) is 0 Å². The third-order valence-corrected chi connectivity index (χ3v) is 5.74. The van der Waals surface area contributed by atoms with Gasteiger partial charge in [0.2, 0.25) is 6.29 Å². The summed E-state index contributed by atoms with van der Waals surface area (Å²) in [4.78, 5) is 29.9. The largest absolute Gasteiger partial charge is 0.465 e. The van der Waals surface area contributed by atoms with Gasteiger partial charge in [0.1, 0.15) is 5.75 Å². The number of nitrogens with zero attached hydrogens (tertiary/aromatic N) is 1. The highest BCUT2D eigenvalue weighted by atomic mass is 16.7. The van der Waals surface area contributed by atoms with Crippen molar-refractivity contribution in [3.63, 3.8) is 0 Å². The predicted octanol–water partition coefficient (Wildman–Crippen LogP) is 5.32. The van der Waals surface area contributed by atoms with Gasteiger partial charge < -0.3 is 14.2 Å². The molecule has 0 aliphatic carbocycles. The van der Waals surface area contributed by atoms with Gasteiger partial charge in [0.05, 0.1) is 35.0 Å². The number of para-hydroxylation sites is 1. The summed E-state index contributed by atoms with van der Waals surface area (Å²) in [5.41, 5.74) is 4.44. The van der Waals surface area contributed by atoms with Crippen LogP contribution in [-0.2, 0) is 9.47 Å². The molecule has 1 unspecified atom stereocenters. The lowest BCUT2D eigenvalue weighted by molar-refractivity contribution is -0.0274. The standard InChI is InChI=1S/C28H21NO5/c1-32-27(31)19-9-7-17(8-10-19)15-22-26(30)21-16-20(12-14-25(21)34-28(22)33-2)24-13-11-18-5-3-4-6-23(18)29-24/h3-16,28H,1-2H3. The fourth-order valence-electron chi connectivity index (χ4n) is 3.96. The van der Waals surface area contributed by atoms with E-state index in [2.05, 4.69) is 0 Å². The maximum Gasteiger partial charge on any atom is 0.337 e. The molecule has 0 saturated heterocycles. The zero-order valence-electron chi connectivity index (χ0n) is 18.6. The molecule has 0 radical (unpaired) electrons. The lowest BCUT2D eigenvalue weighted by Gasteiger charge is -2.27. The Kier molecular flexibility index (Phi) is 5.65. The highest BCUT2D eigenvalue weighted by Crippen LogP contribution is 2.35. The molecule has 5 rings (SSSR count). The third-order valence-electron chi connectivity index (χ3n) is 5.74. The van der Waals surface area contributed by atoms with Gasteiger partial charge in [0, 0.05) is 18.1 Å². The van der Waals surface area contributed by atoms with Crippen LogP contribution >= 0.6 is 0 Å². The zero-order valence-corrected chi connectivity index (χ0v) is 18.6. The number of ether oxygens (including phenoxy) is 3. The van der Waals surface area contributed by atoms with E-state index in [1.165, 1.54) is 14.2 Å². The zero-order chi connectivity index (χ0) is 23.7. The summed E-state index contributed by atoms with van der Waals surface area (Å²) in [6.45, 7) is 0. The number of ketones is 1. The second-order valence-corrected chi connectivity index (χ2v) is 7.83. The Morgan fingerprint density at radius 1 is 0.971 bits per heavy atom. The smallest absolute Gasteiger partial charge is 0.337 e. The number of Topliss-reactive ketones (excluding diaryl/α,β-unsaturated/α-hetero) is 1. The number of hydrogen-bond acceptors (Lipinski definition) is 6. The van der Waals surface area contributed by atoms with Crippen LogP contribution in [0.4, 0.5) is 0 Å². The Morgan fingerprint density at radius 2 is 1.76 bits per heavy atom. The van der Waals surface area contributed by atoms with Crippen molar-refractivity contribution in [2.45, 2.75) is 6.29 Å². The molecule has 168 valence electrons. The number of fused-ring (bicyclic) bond motifs is 2. The maximum absolute atomic E-state index is 13.5. The van der Waals surface area contributed by atoms with Gasteiger partial charge in [0.25, 0.3) is 0 Å². The molecule has 0 amide bonds. The summed E-state index contributed by atoms with van der Waals surface area (Å²) in [6.07, 6.45) is 0.867. The number of carbonyl (C=O) groups excluding carboxylic acids is 2. The summed E-state index contributed by atoms with van der Waals surface area (Å²) >= 11 is 0. The molecule has 1 aliphatic rings. The molecule has 34 heavy (non-hydrogen) atoms. The van der Waals surface area contributed by atoms with Crippen molar-refractivity contribution in [3.8, 4) is 17.0 Å². The molecule has 1 atom stereocenters. The first-order valence-corrected chi connectivity index (χ1v) is 10.7. The van der Waals surface area contributed by atoms with Crippen molar-refractivity contribution in [2.75, 3.05) is 14.2 Å². The summed E-state index contributed by atoms with van der Waals surface area (Å²) in [5, 5.41) is 1.05. The van der Waals surface area contributed by atoms with Crippen molar-refractivity contribution in [1.29, 1.82) is 0 Å². The van der Waals surface area contributed by atoms with E-state index < -0.39 is 12.3 Å². The second kappa shape index (κ2) is 8.92. The number of aromatic nitrogens is 1. The highest BCUT2D eigenvalue weighted by molar-refractivity contribution is 6.15. The summed E-state index contributed by atoms with van der Waals surface area (Å²) in [7, 11) is 2.82. The maximum atomic E-state index is 13.5. The Morgan fingerprint density at radius 3 is 2.53 bits per heavy atom. The Balaban J connectivity index is 1.52. The fraction of sp³-hybridized carbons (Fsp3) is 0.107. The number of pyridine rings is 1. The van der Waals surface area contributed by atoms with Crippen LogP contribution in [0.15, 0.2) is 84.4 Å². The first-order chi connectivity index (χ1) is 16.6. The number of benzene rings is 3. The van der Waals surface area contributed by atoms with Crippen LogP contribution in [-0.4, -0.2) is 37.2 Å². The van der Waals surface area contributed by atoms with Crippen LogP contribution in [0.5, 0.6) is 5.75 Å². The predicted molar refractivity (Wildman–Crippen MR) is 129 cm³/mol. The van der Waals surface area contributed by atoms with Gasteiger partial charge in [0.15, 0.2) is 5.78 Å². The molecule has 0 spiro atoms. The number of rotatable bonds is 4. The average molecular weight is 451 g/mol. The normalized spacial score (nSPS) is 16.2. The van der Waals surface area contributed by atoms with E-state index in [4.69, 9.17) is 19.2 Å². The van der Waals surface area contributed by atoms with E-state index in [-0.39, 0.29) is 5.78 Å². The average Bonchev–Trinajstić information content (AvgIpc) is 2.89. The highest BCUT2D eigenvalue weighted by Gasteiger charge is 2.32. The molecule has 2 heterocycles. The minimum Gasteiger partial charge on any atom is -0.465 e. The Bertz CT molecular complexity index is 1440. The van der Waals surface area contributed by atoms with Crippen LogP contribution in [0.3, 0.4) is 0 Å². The molecule has 6 nitrogen and oxygen atoms in total. The van der Waals surface area contributed by atoms with E-state index >= 15 is 0 Å². The summed E-state index contributed by atoms with van der Waals surface area (Å²) < 4.78 is 16.2. The number of carbonyl (C=O) groups is 2. The van der Waals surface area contributed by atoms with E-state index in [1.807, 2.05) is 42.5 Å². The Hall–Kier alpha value is -4.29. The van der Waals surface area contributed by atoms with Crippen molar-refractivity contribution in [1.82, 2.24) is 4.98 Å². The summed E-state index contributed by atoms with van der Waals surface area (Å²) in [6, 6.07) is 24.1. The first-order valence-electron chi connectivity index (χ1n) is 10.7. The quantitative estimate of drug-likeness (QED) is 0.309. The third kappa shape index (κ3) is 3.95. The van der Waals surface area contributed by atoms with Gasteiger partial charge in [-0.3, -0.25) is 4.79 Å². The van der Waals surface area contributed by atoms with E-state index in [0.29, 0.717) is 22.4 Å². The number of methoxy groups -OCH3 is 2. The lowest BCUT2D eigenvalue weighted by atomic mass is 9.94. The van der Waals surface area contributed by atoms with E-state index in [9.17, 15) is 9.59 Å². The van der Waals surface area contributed by atoms with Crippen molar-refractivity contribution >= 4 is 28.7 Å². The lowest BCUT2D eigenvalue weighted by Crippen LogP contribution is -2.31. The van der Waals surface area contributed by atoms with Crippen molar-refractivity contribution in [3.05, 3.63) is 101 Å². The van der Waals surface area contributed by atoms with Gasteiger partial charge in [-0.1, -0.05) is 36.4 Å². The molecule has 0 N–H and O–H groups in total. The first kappa shape index (κ1) is 21.6. The molecule has 4 aromatic rings. The molecular formula is C28H21NO5.